The van der Waals surface area contributed by atoms with E-state index in [9.17, 15) is 14.2 Å². The molecule has 0 unspecified atom stereocenters. The highest BCUT2D eigenvalue weighted by atomic mass is 31.2. The molecular formula is C32H29O8P. The number of hydrogen-bond acceptors (Lipinski definition) is 8. The minimum absolute atomic E-state index is 0.00762. The number of para-hydroxylation sites is 2. The first-order valence-electron chi connectivity index (χ1n) is 12.7. The van der Waals surface area contributed by atoms with Crippen molar-refractivity contribution in [2.45, 2.75) is 20.8 Å². The maximum absolute atomic E-state index is 14.9. The monoisotopic (exact) mass is 572 g/mol. The summed E-state index contributed by atoms with van der Waals surface area (Å²) in [6.45, 7) is 12.5. The average Bonchev–Trinajstić information content (AvgIpc) is 2.95. The Bertz CT molecular complexity index is 1620. The smallest absolute Gasteiger partial charge is 0.466 e. The van der Waals surface area contributed by atoms with Crippen molar-refractivity contribution in [3.63, 3.8) is 0 Å². The lowest BCUT2D eigenvalue weighted by Crippen LogP contribution is -2.22. The molecule has 4 aromatic carbocycles. The quantitative estimate of drug-likeness (QED) is 0.0807. The molecule has 0 radical (unpaired) electrons. The summed E-state index contributed by atoms with van der Waals surface area (Å²) in [6.07, 6.45) is 0. The third-order valence-corrected chi connectivity index (χ3v) is 7.46. The van der Waals surface area contributed by atoms with Crippen molar-refractivity contribution in [3.8, 4) is 28.7 Å². The first-order valence-corrected chi connectivity index (χ1v) is 14.2. The van der Waals surface area contributed by atoms with Crippen molar-refractivity contribution in [2.24, 2.45) is 0 Å². The number of fused-ring (bicyclic) bond motifs is 1. The maximum atomic E-state index is 14.9. The highest BCUT2D eigenvalue weighted by molar-refractivity contribution is 7.63. The fraction of sp³-hybridized carbons (Fsp3) is 0.125. The number of carbonyl (C=O) groups excluding carboxylic acids is 2. The Hall–Kier alpha value is -4.81. The number of benzene rings is 4. The third-order valence-electron chi connectivity index (χ3n) is 5.64. The van der Waals surface area contributed by atoms with Gasteiger partial charge >= 0.3 is 19.5 Å². The van der Waals surface area contributed by atoms with Crippen molar-refractivity contribution in [3.05, 3.63) is 109 Å². The standard InChI is InChI=1S/C32H29O8P/c1-6-36-25-17-18-26-27(19-25)28(37-31(33)21(2)3)20-29(30(26)38-32(34)22(4)5)41(35,39-23-13-9-7-10-14-23)40-24-15-11-8-12-16-24/h7-20H,2,4,6H2,1,3,5H3. The van der Waals surface area contributed by atoms with Gasteiger partial charge in [-0.15, -0.1) is 0 Å². The molecule has 4 rings (SSSR count). The average molecular weight is 573 g/mol. The van der Waals surface area contributed by atoms with E-state index in [0.717, 1.165) is 0 Å². The lowest BCUT2D eigenvalue weighted by molar-refractivity contribution is -0.131. The fourth-order valence-electron chi connectivity index (χ4n) is 3.71. The summed E-state index contributed by atoms with van der Waals surface area (Å²) >= 11 is 0. The highest BCUT2D eigenvalue weighted by Gasteiger charge is 2.38. The van der Waals surface area contributed by atoms with Crippen LogP contribution in [0.2, 0.25) is 0 Å². The van der Waals surface area contributed by atoms with Gasteiger partial charge in [0.15, 0.2) is 5.75 Å². The first kappa shape index (κ1) is 29.2. The van der Waals surface area contributed by atoms with Crippen LogP contribution in [-0.2, 0) is 14.2 Å². The molecule has 0 amide bonds. The molecule has 210 valence electrons. The van der Waals surface area contributed by atoms with E-state index in [-0.39, 0.29) is 39.4 Å². The van der Waals surface area contributed by atoms with Gasteiger partial charge in [-0.1, -0.05) is 49.6 Å². The molecule has 41 heavy (non-hydrogen) atoms. The zero-order valence-corrected chi connectivity index (χ0v) is 23.8. The highest BCUT2D eigenvalue weighted by Crippen LogP contribution is 2.52. The Morgan fingerprint density at radius 1 is 0.707 bits per heavy atom. The second-order valence-electron chi connectivity index (χ2n) is 9.01. The molecule has 0 aliphatic heterocycles. The van der Waals surface area contributed by atoms with Gasteiger partial charge in [-0.2, -0.15) is 0 Å². The lowest BCUT2D eigenvalue weighted by atomic mass is 10.1. The topological polar surface area (TPSA) is 97.4 Å². The number of hydrogen-bond donors (Lipinski definition) is 0. The van der Waals surface area contributed by atoms with E-state index in [1.807, 2.05) is 6.92 Å². The zero-order valence-electron chi connectivity index (χ0n) is 22.9. The van der Waals surface area contributed by atoms with Crippen molar-refractivity contribution in [2.75, 3.05) is 6.61 Å². The minimum atomic E-state index is -4.41. The van der Waals surface area contributed by atoms with E-state index in [2.05, 4.69) is 13.2 Å². The first-order chi connectivity index (χ1) is 19.6. The molecule has 0 aromatic heterocycles. The molecule has 0 bridgehead atoms. The van der Waals surface area contributed by atoms with Crippen LogP contribution in [0.3, 0.4) is 0 Å². The van der Waals surface area contributed by atoms with E-state index in [0.29, 0.717) is 23.1 Å². The van der Waals surface area contributed by atoms with Crippen LogP contribution in [-0.4, -0.2) is 18.5 Å². The molecule has 0 spiro atoms. The van der Waals surface area contributed by atoms with Crippen molar-refractivity contribution in [1.29, 1.82) is 0 Å². The summed E-state index contributed by atoms with van der Waals surface area (Å²) in [4.78, 5) is 25.5. The van der Waals surface area contributed by atoms with Crippen LogP contribution in [0.1, 0.15) is 20.8 Å². The van der Waals surface area contributed by atoms with Gasteiger partial charge in [-0.25, -0.2) is 14.2 Å². The van der Waals surface area contributed by atoms with Gasteiger partial charge in [0.1, 0.15) is 28.3 Å². The van der Waals surface area contributed by atoms with Crippen LogP contribution in [0.4, 0.5) is 0 Å². The van der Waals surface area contributed by atoms with Crippen LogP contribution in [0, 0.1) is 0 Å². The van der Waals surface area contributed by atoms with E-state index in [4.69, 9.17) is 23.3 Å². The second kappa shape index (κ2) is 12.6. The molecule has 0 N–H and O–H groups in total. The number of rotatable bonds is 11. The Balaban J connectivity index is 2.05. The second-order valence-corrected chi connectivity index (χ2v) is 10.9. The summed E-state index contributed by atoms with van der Waals surface area (Å²) in [5.74, 6) is -0.642. The number of esters is 2. The van der Waals surface area contributed by atoms with E-state index >= 15 is 0 Å². The molecule has 0 aliphatic carbocycles. The van der Waals surface area contributed by atoms with Crippen LogP contribution < -0.4 is 28.6 Å². The van der Waals surface area contributed by atoms with Crippen molar-refractivity contribution >= 4 is 35.6 Å². The Kier molecular flexibility index (Phi) is 8.95. The number of ether oxygens (including phenoxy) is 3. The van der Waals surface area contributed by atoms with E-state index in [1.54, 1.807) is 78.9 Å². The molecule has 9 heteroatoms. The SMILES string of the molecule is C=C(C)C(=O)Oc1cc(P(=O)(Oc2ccccc2)Oc2ccccc2)c(OC(=O)C(=C)C)c2ccc(OCC)cc12. The van der Waals surface area contributed by atoms with Gasteiger partial charge in [0.2, 0.25) is 0 Å². The van der Waals surface area contributed by atoms with Crippen molar-refractivity contribution < 1.29 is 37.4 Å². The molecule has 0 saturated carbocycles. The van der Waals surface area contributed by atoms with Gasteiger partial charge in [-0.3, -0.25) is 0 Å². The van der Waals surface area contributed by atoms with Gasteiger partial charge in [0.25, 0.3) is 0 Å². The Labute approximate surface area is 238 Å². The third kappa shape index (κ3) is 6.86. The van der Waals surface area contributed by atoms with Gasteiger partial charge in [0.05, 0.1) is 6.61 Å². The normalized spacial score (nSPS) is 10.9. The van der Waals surface area contributed by atoms with Crippen LogP contribution >= 0.6 is 7.60 Å². The zero-order chi connectivity index (χ0) is 29.6. The van der Waals surface area contributed by atoms with E-state index in [1.165, 1.54) is 19.9 Å². The molecule has 0 saturated heterocycles. The van der Waals surface area contributed by atoms with Crippen LogP contribution in [0.15, 0.2) is 109 Å². The molecular weight excluding hydrogens is 543 g/mol. The number of carbonyl (C=O) groups is 2. The molecule has 0 aliphatic rings. The largest absolute Gasteiger partial charge is 0.494 e. The minimum Gasteiger partial charge on any atom is -0.494 e. The molecule has 0 heterocycles. The summed E-state index contributed by atoms with van der Waals surface area (Å²) < 4.78 is 44.0. The summed E-state index contributed by atoms with van der Waals surface area (Å²) in [6, 6.07) is 23.0. The van der Waals surface area contributed by atoms with Gasteiger partial charge < -0.3 is 23.3 Å². The van der Waals surface area contributed by atoms with Crippen LogP contribution in [0.25, 0.3) is 10.8 Å². The van der Waals surface area contributed by atoms with E-state index < -0.39 is 19.5 Å². The summed E-state index contributed by atoms with van der Waals surface area (Å²) in [5, 5.41) is 0.490. The lowest BCUT2D eigenvalue weighted by Gasteiger charge is -2.24. The predicted octanol–water partition coefficient (Wildman–Crippen LogP) is 7.18. The predicted molar refractivity (Wildman–Crippen MR) is 157 cm³/mol. The molecule has 0 atom stereocenters. The summed E-state index contributed by atoms with van der Waals surface area (Å²) in [5.41, 5.74) is 0.248. The van der Waals surface area contributed by atoms with Crippen molar-refractivity contribution in [1.82, 2.24) is 0 Å². The molecule has 4 aromatic rings. The maximum Gasteiger partial charge on any atom is 0.466 e. The van der Waals surface area contributed by atoms with Crippen LogP contribution in [0.5, 0.6) is 28.7 Å². The van der Waals surface area contributed by atoms with Gasteiger partial charge in [0, 0.05) is 28.0 Å². The fourth-order valence-corrected chi connectivity index (χ4v) is 5.43. The Morgan fingerprint density at radius 2 is 1.24 bits per heavy atom. The molecule has 0 fully saturated rings. The van der Waals surface area contributed by atoms with Gasteiger partial charge in [-0.05, 0) is 63.2 Å². The summed E-state index contributed by atoms with van der Waals surface area (Å²) in [7, 11) is -4.41. The Morgan fingerprint density at radius 3 is 1.76 bits per heavy atom. The molecule has 8 nitrogen and oxygen atoms in total.